The molecule has 0 N–H and O–H groups in total. The van der Waals surface area contributed by atoms with Crippen molar-refractivity contribution in [1.29, 1.82) is 0 Å². The molecule has 0 aliphatic rings. The van der Waals surface area contributed by atoms with Gasteiger partial charge in [-0.25, -0.2) is 14.4 Å². The van der Waals surface area contributed by atoms with Crippen molar-refractivity contribution >= 4 is 17.9 Å². The number of methoxy groups -OCH3 is 2. The molecule has 118 valence electrons. The minimum Gasteiger partial charge on any atom is -0.465 e. The molecule has 0 radical (unpaired) electrons. The Hall–Kier alpha value is -3.15. The molecule has 2 aromatic rings. The molecule has 2 aromatic carbocycles. The van der Waals surface area contributed by atoms with Crippen LogP contribution in [0.3, 0.4) is 0 Å². The van der Waals surface area contributed by atoms with Crippen LogP contribution in [0.5, 0.6) is 5.75 Å². The van der Waals surface area contributed by atoms with Gasteiger partial charge >= 0.3 is 17.9 Å². The molecule has 23 heavy (non-hydrogen) atoms. The first kappa shape index (κ1) is 16.2. The van der Waals surface area contributed by atoms with Crippen LogP contribution < -0.4 is 4.74 Å². The Balaban J connectivity index is 2.34. The van der Waals surface area contributed by atoms with E-state index in [4.69, 9.17) is 4.74 Å². The van der Waals surface area contributed by atoms with Crippen molar-refractivity contribution < 1.29 is 28.6 Å². The van der Waals surface area contributed by atoms with Crippen LogP contribution >= 0.6 is 0 Å². The average Bonchev–Trinajstić information content (AvgIpc) is 2.60. The second kappa shape index (κ2) is 7.22. The molecule has 6 heteroatoms. The number of hydrogen-bond donors (Lipinski definition) is 0. The molecule has 0 spiro atoms. The fraction of sp³-hybridized carbons (Fsp3) is 0.118. The summed E-state index contributed by atoms with van der Waals surface area (Å²) in [6, 6.07) is 12.3. The monoisotopic (exact) mass is 314 g/mol. The Morgan fingerprint density at radius 3 is 1.65 bits per heavy atom. The largest absolute Gasteiger partial charge is 0.465 e. The van der Waals surface area contributed by atoms with E-state index in [-0.39, 0.29) is 22.4 Å². The summed E-state index contributed by atoms with van der Waals surface area (Å²) in [4.78, 5) is 35.7. The van der Waals surface area contributed by atoms with Gasteiger partial charge in [-0.1, -0.05) is 24.3 Å². The Bertz CT molecular complexity index is 750. The van der Waals surface area contributed by atoms with Crippen molar-refractivity contribution in [1.82, 2.24) is 0 Å². The van der Waals surface area contributed by atoms with Crippen molar-refractivity contribution in [3.63, 3.8) is 0 Å². The van der Waals surface area contributed by atoms with Gasteiger partial charge in [-0.2, -0.15) is 0 Å². The van der Waals surface area contributed by atoms with E-state index in [9.17, 15) is 14.4 Å². The van der Waals surface area contributed by atoms with Crippen molar-refractivity contribution in [2.24, 2.45) is 0 Å². The van der Waals surface area contributed by atoms with Gasteiger partial charge in [0, 0.05) is 0 Å². The topological polar surface area (TPSA) is 78.9 Å². The molecular formula is C17H14O6. The van der Waals surface area contributed by atoms with E-state index >= 15 is 0 Å². The van der Waals surface area contributed by atoms with Gasteiger partial charge < -0.3 is 14.2 Å². The van der Waals surface area contributed by atoms with E-state index < -0.39 is 17.9 Å². The van der Waals surface area contributed by atoms with Gasteiger partial charge in [-0.15, -0.1) is 0 Å². The number of benzene rings is 2. The lowest BCUT2D eigenvalue weighted by Crippen LogP contribution is -2.16. The lowest BCUT2D eigenvalue weighted by atomic mass is 10.1. The molecule has 0 aliphatic carbocycles. The van der Waals surface area contributed by atoms with Crippen LogP contribution in [0.25, 0.3) is 0 Å². The van der Waals surface area contributed by atoms with Gasteiger partial charge in [0.15, 0.2) is 0 Å². The maximum Gasteiger partial charge on any atom is 0.344 e. The van der Waals surface area contributed by atoms with Crippen LogP contribution in [0.2, 0.25) is 0 Å². The van der Waals surface area contributed by atoms with Gasteiger partial charge in [0.1, 0.15) is 11.3 Å². The highest BCUT2D eigenvalue weighted by Crippen LogP contribution is 2.21. The number of carbonyl (C=O) groups excluding carboxylic acids is 3. The molecule has 2 rings (SSSR count). The highest BCUT2D eigenvalue weighted by molar-refractivity contribution is 6.04. The number of hydrogen-bond acceptors (Lipinski definition) is 6. The Labute approximate surface area is 132 Å². The molecule has 0 saturated heterocycles. The lowest BCUT2D eigenvalue weighted by Gasteiger charge is -2.10. The van der Waals surface area contributed by atoms with E-state index in [0.29, 0.717) is 0 Å². The van der Waals surface area contributed by atoms with Crippen molar-refractivity contribution in [3.8, 4) is 5.75 Å². The van der Waals surface area contributed by atoms with Crippen LogP contribution in [0, 0.1) is 0 Å². The summed E-state index contributed by atoms with van der Waals surface area (Å²) in [6.07, 6.45) is 0. The standard InChI is InChI=1S/C17H14O6/c1-21-15(18)11-7-3-4-8-12(11)17(20)23-14-10-6-5-9-13(14)16(19)22-2/h3-10H,1-2H3. The first-order valence-electron chi connectivity index (χ1n) is 6.65. The fourth-order valence-corrected chi connectivity index (χ4v) is 1.94. The van der Waals surface area contributed by atoms with Crippen LogP contribution in [0.4, 0.5) is 0 Å². The normalized spacial score (nSPS) is 9.83. The van der Waals surface area contributed by atoms with Crippen LogP contribution in [-0.4, -0.2) is 32.1 Å². The predicted molar refractivity (Wildman–Crippen MR) is 80.5 cm³/mol. The van der Waals surface area contributed by atoms with Gasteiger partial charge in [-0.05, 0) is 24.3 Å². The molecule has 0 fully saturated rings. The number of para-hydroxylation sites is 1. The zero-order valence-electron chi connectivity index (χ0n) is 12.6. The molecule has 0 aromatic heterocycles. The van der Waals surface area contributed by atoms with E-state index in [1.807, 2.05) is 0 Å². The van der Waals surface area contributed by atoms with Gasteiger partial charge in [0.25, 0.3) is 0 Å². The summed E-state index contributed by atoms with van der Waals surface area (Å²) in [7, 11) is 2.45. The van der Waals surface area contributed by atoms with Crippen LogP contribution in [0.15, 0.2) is 48.5 Å². The smallest absolute Gasteiger partial charge is 0.344 e. The number of ether oxygens (including phenoxy) is 3. The summed E-state index contributed by atoms with van der Waals surface area (Å²) >= 11 is 0. The molecule has 0 bridgehead atoms. The molecular weight excluding hydrogens is 300 g/mol. The Morgan fingerprint density at radius 1 is 0.652 bits per heavy atom. The van der Waals surface area contributed by atoms with Crippen molar-refractivity contribution in [3.05, 3.63) is 65.2 Å². The lowest BCUT2D eigenvalue weighted by molar-refractivity contribution is 0.0573. The second-order valence-corrected chi connectivity index (χ2v) is 4.41. The van der Waals surface area contributed by atoms with E-state index in [0.717, 1.165) is 0 Å². The minimum atomic E-state index is -0.776. The molecule has 0 atom stereocenters. The first-order valence-corrected chi connectivity index (χ1v) is 6.65. The molecule has 0 heterocycles. The quantitative estimate of drug-likeness (QED) is 0.637. The van der Waals surface area contributed by atoms with E-state index in [2.05, 4.69) is 9.47 Å². The van der Waals surface area contributed by atoms with Crippen LogP contribution in [0.1, 0.15) is 31.1 Å². The average molecular weight is 314 g/mol. The molecule has 0 saturated carbocycles. The zero-order valence-corrected chi connectivity index (χ0v) is 12.6. The number of rotatable bonds is 4. The van der Waals surface area contributed by atoms with Gasteiger partial charge in [-0.3, -0.25) is 0 Å². The maximum absolute atomic E-state index is 12.3. The summed E-state index contributed by atoms with van der Waals surface area (Å²) < 4.78 is 14.5. The van der Waals surface area contributed by atoms with Crippen molar-refractivity contribution in [2.75, 3.05) is 14.2 Å². The van der Waals surface area contributed by atoms with Crippen molar-refractivity contribution in [2.45, 2.75) is 0 Å². The highest BCUT2D eigenvalue weighted by atomic mass is 16.5. The third-order valence-electron chi connectivity index (χ3n) is 3.05. The van der Waals surface area contributed by atoms with Gasteiger partial charge in [0.05, 0.1) is 25.3 Å². The summed E-state index contributed by atoms with van der Waals surface area (Å²) in [5, 5.41) is 0. The zero-order chi connectivity index (χ0) is 16.8. The fourth-order valence-electron chi connectivity index (χ4n) is 1.94. The first-order chi connectivity index (χ1) is 11.1. The van der Waals surface area contributed by atoms with E-state index in [1.165, 1.54) is 38.5 Å². The number of carbonyl (C=O) groups is 3. The number of esters is 3. The predicted octanol–water partition coefficient (Wildman–Crippen LogP) is 2.48. The summed E-state index contributed by atoms with van der Waals surface area (Å²) in [6.45, 7) is 0. The van der Waals surface area contributed by atoms with E-state index in [1.54, 1.807) is 24.3 Å². The van der Waals surface area contributed by atoms with Crippen LogP contribution in [-0.2, 0) is 9.47 Å². The minimum absolute atomic E-state index is 0.0408. The van der Waals surface area contributed by atoms with Gasteiger partial charge in [0.2, 0.25) is 0 Å². The maximum atomic E-state index is 12.3. The third kappa shape index (κ3) is 3.55. The molecule has 0 amide bonds. The second-order valence-electron chi connectivity index (χ2n) is 4.41. The summed E-state index contributed by atoms with van der Waals surface area (Å²) in [5.74, 6) is -2.01. The summed E-state index contributed by atoms with van der Waals surface area (Å²) in [5.41, 5.74) is 0.230. The molecule has 0 aliphatic heterocycles. The Kier molecular flexibility index (Phi) is 5.09. The highest BCUT2D eigenvalue weighted by Gasteiger charge is 2.21. The Morgan fingerprint density at radius 2 is 1.09 bits per heavy atom. The molecule has 0 unspecified atom stereocenters. The third-order valence-corrected chi connectivity index (χ3v) is 3.05. The molecule has 6 nitrogen and oxygen atoms in total. The SMILES string of the molecule is COC(=O)c1ccccc1OC(=O)c1ccccc1C(=O)OC.